The van der Waals surface area contributed by atoms with E-state index in [1.54, 1.807) is 57.3 Å². The molecule has 9 amide bonds. The molecule has 1 aliphatic rings. The molecule has 0 spiro atoms. The third kappa shape index (κ3) is 19.1. The molecule has 78 heavy (non-hydrogen) atoms. The van der Waals surface area contributed by atoms with Crippen LogP contribution in [0.5, 0.6) is 0 Å². The Hall–Kier alpha value is -7.61. The first-order valence-electron chi connectivity index (χ1n) is 25.7. The van der Waals surface area contributed by atoms with Crippen molar-refractivity contribution in [3.63, 3.8) is 0 Å². The Morgan fingerprint density at radius 3 is 2.00 bits per heavy atom. The van der Waals surface area contributed by atoms with E-state index in [2.05, 4.69) is 62.8 Å². The Morgan fingerprint density at radius 2 is 1.36 bits per heavy atom. The number of carbonyl (C=O) groups excluding carboxylic acids is 9. The van der Waals surface area contributed by atoms with Crippen LogP contribution in [0.3, 0.4) is 0 Å². The smallest absolute Gasteiger partial charge is 0.244 e. The summed E-state index contributed by atoms with van der Waals surface area (Å²) in [6, 6.07) is 5.49. The van der Waals surface area contributed by atoms with E-state index in [1.807, 2.05) is 31.2 Å². The van der Waals surface area contributed by atoms with Crippen molar-refractivity contribution in [3.8, 4) is 0 Å². The lowest BCUT2D eigenvalue weighted by molar-refractivity contribution is -0.137. The summed E-state index contributed by atoms with van der Waals surface area (Å²) in [6.07, 6.45) is 5.92. The number of nitrogens with zero attached hydrogens (tertiary/aromatic N) is 1. The molecular weight excluding hydrogens is 1040 g/mol. The topological polar surface area (TPSA) is 382 Å². The summed E-state index contributed by atoms with van der Waals surface area (Å²) < 4.78 is 0. The van der Waals surface area contributed by atoms with Gasteiger partial charge in [0.1, 0.15) is 48.3 Å². The number of guanidine groups is 1. The van der Waals surface area contributed by atoms with E-state index in [0.717, 1.165) is 32.5 Å². The Kier molecular flexibility index (Phi) is 23.4. The van der Waals surface area contributed by atoms with Crippen molar-refractivity contribution in [3.05, 3.63) is 90.1 Å². The van der Waals surface area contributed by atoms with Gasteiger partial charge >= 0.3 is 0 Å². The molecule has 0 aliphatic carbocycles. The van der Waals surface area contributed by atoms with Crippen LogP contribution in [0.4, 0.5) is 0 Å². The number of hydrogen-bond acceptors (Lipinski definition) is 13. The number of imidazole rings is 1. The first-order valence-corrected chi connectivity index (χ1v) is 28.2. The second-order valence-corrected chi connectivity index (χ2v) is 22.6. The van der Waals surface area contributed by atoms with Crippen molar-refractivity contribution >= 4 is 91.6 Å². The van der Waals surface area contributed by atoms with Gasteiger partial charge in [-0.3, -0.25) is 48.6 Å². The van der Waals surface area contributed by atoms with Crippen molar-refractivity contribution in [1.82, 2.24) is 62.8 Å². The average molecular weight is 1120 g/mol. The molecule has 16 N–H and O–H groups in total. The molecule has 5 rings (SSSR count). The number of hydrogen-bond donors (Lipinski definition) is 14. The summed E-state index contributed by atoms with van der Waals surface area (Å²) in [5.74, 6) is -7.49. The molecule has 2 aromatic carbocycles. The van der Waals surface area contributed by atoms with Crippen molar-refractivity contribution in [2.45, 2.75) is 134 Å². The summed E-state index contributed by atoms with van der Waals surface area (Å²) in [6.45, 7) is 8.38. The van der Waals surface area contributed by atoms with Crippen LogP contribution >= 0.6 is 21.6 Å². The summed E-state index contributed by atoms with van der Waals surface area (Å²) >= 11 is 0. The third-order valence-electron chi connectivity index (χ3n) is 12.7. The molecule has 3 heterocycles. The molecule has 0 bridgehead atoms. The quantitative estimate of drug-likeness (QED) is 0.0291. The number of H-pyrrole nitrogens is 2. The predicted molar refractivity (Wildman–Crippen MR) is 298 cm³/mol. The average Bonchev–Trinajstić information content (AvgIpc) is 4.07. The number of benzene rings is 2. The number of nitrogens with two attached hydrogens (primary N) is 2. The number of primary amides is 1. The van der Waals surface area contributed by atoms with Gasteiger partial charge in [0.15, 0.2) is 5.96 Å². The lowest BCUT2D eigenvalue weighted by Crippen LogP contribution is -2.63. The largest absolute Gasteiger partial charge is 0.370 e. The fourth-order valence-corrected chi connectivity index (χ4v) is 10.8. The molecule has 26 heteroatoms. The zero-order valence-electron chi connectivity index (χ0n) is 44.4. The van der Waals surface area contributed by atoms with Gasteiger partial charge in [0, 0.05) is 67.5 Å². The normalized spacial score (nSPS) is 22.0. The summed E-state index contributed by atoms with van der Waals surface area (Å²) in [5.41, 5.74) is 12.8. The molecule has 1 saturated heterocycles. The maximum atomic E-state index is 14.8. The SMILES string of the molecule is CCCC[C@H](NC(C)=O)C(=O)N[C@H]1CSSC[C@@H](C(N)=O)NC(=O)[C@H](Cc2c[nH]c3ccccc23)NC(=O)[C@H](CCCNC(=N)N)NC(=O)[C@@H](Cc2ccccc2)NC(=O)[C@H](Cc2c[nH]cn2)NC(=O)[C@@H](C(C)(C)C)NC1=O. The Bertz CT molecular complexity index is 2720. The van der Waals surface area contributed by atoms with Gasteiger partial charge in [0.2, 0.25) is 53.2 Å². The predicted octanol–water partition coefficient (Wildman–Crippen LogP) is 0.197. The van der Waals surface area contributed by atoms with Crippen LogP contribution in [0, 0.1) is 10.8 Å². The second-order valence-electron chi connectivity index (χ2n) is 20.0. The molecule has 0 radical (unpaired) electrons. The lowest BCUT2D eigenvalue weighted by atomic mass is 9.85. The number of carbonyl (C=O) groups is 9. The molecule has 0 unspecified atom stereocenters. The standard InChI is InChI=1S/C52H73N15O9S2/c1-6-7-17-35(60-29(2)68)44(70)66-41-27-78-77-26-40(43(53)69)65-47(73)38(22-31-24-58-34-18-12-11-16-33(31)34)63-45(71)36(19-13-20-57-51(54)55)61-46(72)37(21-30-14-9-8-10-15-30)62-48(74)39(23-32-25-56-28-59-32)64-50(76)42(52(3,4)5)67-49(41)75/h8-12,14-16,18,24-25,28,35-42,58H,6-7,13,17,19-23,26-27H2,1-5H3,(H2,53,69)(H,56,59)(H,60,68)(H,61,72)(H,62,74)(H,63,71)(H,64,76)(H,65,73)(H,66,70)(H,67,75)(H4,54,55,57)/t35-,36-,37+,38-,39-,40-,41-,42-/m0/s1. The number of rotatable bonds is 17. The monoisotopic (exact) mass is 1120 g/mol. The molecule has 1 fully saturated rings. The Morgan fingerprint density at radius 1 is 0.744 bits per heavy atom. The fourth-order valence-electron chi connectivity index (χ4n) is 8.48. The number of para-hydroxylation sites is 1. The van der Waals surface area contributed by atoms with Crippen LogP contribution in [0.2, 0.25) is 0 Å². The first kappa shape index (κ1) is 61.2. The maximum absolute atomic E-state index is 14.8. The maximum Gasteiger partial charge on any atom is 0.244 e. The molecule has 24 nitrogen and oxygen atoms in total. The summed E-state index contributed by atoms with van der Waals surface area (Å²) in [4.78, 5) is 137. The number of nitrogens with one attached hydrogen (secondary N) is 12. The van der Waals surface area contributed by atoms with E-state index in [0.29, 0.717) is 29.7 Å². The highest BCUT2D eigenvalue weighted by molar-refractivity contribution is 8.76. The van der Waals surface area contributed by atoms with Crippen LogP contribution in [-0.4, -0.2) is 140 Å². The molecule has 2 aromatic heterocycles. The number of aromatic nitrogens is 3. The van der Waals surface area contributed by atoms with Crippen molar-refractivity contribution in [2.24, 2.45) is 16.9 Å². The van der Waals surface area contributed by atoms with Gasteiger partial charge in [-0.1, -0.05) is 111 Å². The second kappa shape index (κ2) is 29.8. The summed E-state index contributed by atoms with van der Waals surface area (Å²) in [5, 5.41) is 33.1. The zero-order chi connectivity index (χ0) is 56.9. The van der Waals surface area contributed by atoms with Gasteiger partial charge < -0.3 is 69.3 Å². The minimum atomic E-state index is -1.41. The van der Waals surface area contributed by atoms with E-state index in [9.17, 15) is 43.2 Å². The van der Waals surface area contributed by atoms with Crippen LogP contribution in [0.25, 0.3) is 10.9 Å². The highest BCUT2D eigenvalue weighted by Gasteiger charge is 2.39. The molecule has 1 aliphatic heterocycles. The van der Waals surface area contributed by atoms with E-state index in [1.165, 1.54) is 19.4 Å². The molecule has 422 valence electrons. The van der Waals surface area contributed by atoms with E-state index < -0.39 is 107 Å². The Labute approximate surface area is 460 Å². The van der Waals surface area contributed by atoms with Gasteiger partial charge in [0.25, 0.3) is 0 Å². The third-order valence-corrected chi connectivity index (χ3v) is 15.1. The molecule has 4 aromatic rings. The van der Waals surface area contributed by atoms with Gasteiger partial charge in [-0.25, -0.2) is 4.98 Å². The van der Waals surface area contributed by atoms with E-state index in [-0.39, 0.29) is 62.5 Å². The van der Waals surface area contributed by atoms with Crippen LogP contribution in [0.1, 0.15) is 83.5 Å². The Balaban J connectivity index is 1.60. The molecular formula is C52H73N15O9S2. The highest BCUT2D eigenvalue weighted by atomic mass is 33.1. The summed E-state index contributed by atoms with van der Waals surface area (Å²) in [7, 11) is 2.10. The molecule has 0 saturated carbocycles. The van der Waals surface area contributed by atoms with Crippen molar-refractivity contribution < 1.29 is 43.2 Å². The van der Waals surface area contributed by atoms with Gasteiger partial charge in [-0.15, -0.1) is 0 Å². The number of unbranched alkanes of at least 4 members (excludes halogenated alkanes) is 1. The number of fused-ring (bicyclic) bond motifs is 1. The lowest BCUT2D eigenvalue weighted by Gasteiger charge is -2.33. The van der Waals surface area contributed by atoms with Gasteiger partial charge in [0.05, 0.1) is 12.0 Å². The zero-order valence-corrected chi connectivity index (χ0v) is 46.1. The number of aromatic amines is 2. The fraction of sp³-hybridized carbons (Fsp3) is 0.481. The minimum Gasteiger partial charge on any atom is -0.370 e. The van der Waals surface area contributed by atoms with E-state index >= 15 is 0 Å². The van der Waals surface area contributed by atoms with Crippen LogP contribution in [-0.2, 0) is 62.4 Å². The van der Waals surface area contributed by atoms with Gasteiger partial charge in [-0.2, -0.15) is 0 Å². The minimum absolute atomic E-state index is 0.0467. The van der Waals surface area contributed by atoms with Crippen LogP contribution < -0.4 is 59.3 Å². The van der Waals surface area contributed by atoms with Crippen molar-refractivity contribution in [1.29, 1.82) is 5.41 Å². The first-order chi connectivity index (χ1) is 37.1. The highest BCUT2D eigenvalue weighted by Crippen LogP contribution is 2.26. The van der Waals surface area contributed by atoms with Crippen molar-refractivity contribution in [2.75, 3.05) is 18.1 Å². The number of amides is 9. The van der Waals surface area contributed by atoms with Gasteiger partial charge in [-0.05, 0) is 41.9 Å². The van der Waals surface area contributed by atoms with E-state index in [4.69, 9.17) is 16.9 Å². The molecule has 8 atom stereocenters. The van der Waals surface area contributed by atoms with Crippen LogP contribution in [0.15, 0.2) is 73.3 Å².